The van der Waals surface area contributed by atoms with Gasteiger partial charge in [-0.15, -0.1) is 0 Å². The molecule has 2 aromatic carbocycles. The molecule has 3 heterocycles. The maximum atomic E-state index is 14.2. The summed E-state index contributed by atoms with van der Waals surface area (Å²) in [5, 5.41) is 0. The van der Waals surface area contributed by atoms with Gasteiger partial charge in [-0.25, -0.2) is 9.18 Å². The normalized spacial score (nSPS) is 23.6. The van der Waals surface area contributed by atoms with Gasteiger partial charge < -0.3 is 19.4 Å². The standard InChI is InChI=1S/C32H36F7N3O3/c1-18-12-25(33)4-5-26(18)28-27-17-41(29(43)20-7-10-45-11-8-20)16-21(27)6-9-42(28)30(44)40(3)19(2)22-13-23(31(34,35)36)15-24(14-22)32(37,38)39/h4-5,12-15,19-21,27-28H,6-11,16-17H2,1-3H3/t19?,21?,27-,28?/m1/s1. The van der Waals surface area contributed by atoms with E-state index in [4.69, 9.17) is 4.74 Å². The lowest BCUT2D eigenvalue weighted by molar-refractivity contribution is -0.143. The number of ether oxygens (including phenoxy) is 1. The molecule has 13 heteroatoms. The fraction of sp³-hybridized carbons (Fsp3) is 0.562. The van der Waals surface area contributed by atoms with Crippen molar-refractivity contribution in [2.24, 2.45) is 17.8 Å². The van der Waals surface area contributed by atoms with E-state index in [2.05, 4.69) is 0 Å². The topological polar surface area (TPSA) is 53.1 Å². The van der Waals surface area contributed by atoms with Crippen LogP contribution in [0, 0.1) is 30.5 Å². The van der Waals surface area contributed by atoms with E-state index in [1.165, 1.54) is 26.1 Å². The summed E-state index contributed by atoms with van der Waals surface area (Å²) in [4.78, 5) is 32.1. The second kappa shape index (κ2) is 12.4. The van der Waals surface area contributed by atoms with E-state index in [-0.39, 0.29) is 41.8 Å². The Morgan fingerprint density at radius 1 is 0.933 bits per heavy atom. The summed E-state index contributed by atoms with van der Waals surface area (Å²) in [5.74, 6) is -0.725. The number of hydrogen-bond donors (Lipinski definition) is 0. The number of nitrogens with zero attached hydrogens (tertiary/aromatic N) is 3. The molecule has 3 saturated heterocycles. The van der Waals surface area contributed by atoms with Crippen molar-refractivity contribution in [3.63, 3.8) is 0 Å². The number of alkyl halides is 6. The first-order valence-electron chi connectivity index (χ1n) is 15.0. The van der Waals surface area contributed by atoms with E-state index < -0.39 is 47.4 Å². The third kappa shape index (κ3) is 6.78. The first-order valence-corrected chi connectivity index (χ1v) is 15.0. The summed E-state index contributed by atoms with van der Waals surface area (Å²) in [6.45, 7) is 5.24. The van der Waals surface area contributed by atoms with Gasteiger partial charge in [0.2, 0.25) is 5.91 Å². The molecule has 0 spiro atoms. The van der Waals surface area contributed by atoms with Gasteiger partial charge in [0.1, 0.15) is 5.82 Å². The third-order valence-electron chi connectivity index (χ3n) is 9.63. The summed E-state index contributed by atoms with van der Waals surface area (Å²) in [5.41, 5.74) is -1.95. The highest BCUT2D eigenvalue weighted by Crippen LogP contribution is 2.46. The van der Waals surface area contributed by atoms with Crippen molar-refractivity contribution in [3.05, 3.63) is 70.0 Å². The van der Waals surface area contributed by atoms with E-state index in [9.17, 15) is 40.3 Å². The Labute approximate surface area is 257 Å². The summed E-state index contributed by atoms with van der Waals surface area (Å²) < 4.78 is 101. The van der Waals surface area contributed by atoms with Gasteiger partial charge in [-0.3, -0.25) is 4.79 Å². The number of likely N-dealkylation sites (tertiary alicyclic amines) is 2. The smallest absolute Gasteiger partial charge is 0.381 e. The number of piperidine rings is 1. The Balaban J connectivity index is 1.46. The first-order chi connectivity index (χ1) is 21.1. The van der Waals surface area contributed by atoms with Crippen molar-refractivity contribution in [2.45, 2.75) is 57.5 Å². The number of amides is 3. The van der Waals surface area contributed by atoms with Crippen LogP contribution in [0.3, 0.4) is 0 Å². The van der Waals surface area contributed by atoms with E-state index in [0.29, 0.717) is 68.8 Å². The molecule has 0 aliphatic carbocycles. The molecule has 0 N–H and O–H groups in total. The van der Waals surface area contributed by atoms with Gasteiger partial charge in [0, 0.05) is 51.7 Å². The Morgan fingerprint density at radius 3 is 2.13 bits per heavy atom. The number of hydrogen-bond acceptors (Lipinski definition) is 3. The van der Waals surface area contributed by atoms with Gasteiger partial charge in [-0.05, 0) is 86.1 Å². The fourth-order valence-electron chi connectivity index (χ4n) is 7.01. The van der Waals surface area contributed by atoms with Crippen LogP contribution in [0.1, 0.15) is 66.1 Å². The number of aryl methyl sites for hydroxylation is 1. The van der Waals surface area contributed by atoms with Gasteiger partial charge in [0.05, 0.1) is 23.2 Å². The molecule has 0 aromatic heterocycles. The molecule has 246 valence electrons. The highest BCUT2D eigenvalue weighted by Gasteiger charge is 2.49. The predicted molar refractivity (Wildman–Crippen MR) is 150 cm³/mol. The number of urea groups is 1. The maximum Gasteiger partial charge on any atom is 0.416 e. The minimum Gasteiger partial charge on any atom is -0.381 e. The van der Waals surface area contributed by atoms with Crippen LogP contribution >= 0.6 is 0 Å². The summed E-state index contributed by atoms with van der Waals surface area (Å²) in [7, 11) is 1.34. The minimum atomic E-state index is -5.03. The van der Waals surface area contributed by atoms with Crippen LogP contribution in [0.15, 0.2) is 36.4 Å². The van der Waals surface area contributed by atoms with E-state index in [1.54, 1.807) is 17.9 Å². The monoisotopic (exact) mass is 643 g/mol. The average molecular weight is 644 g/mol. The minimum absolute atomic E-state index is 0.0379. The Kier molecular flexibility index (Phi) is 9.14. The molecule has 3 amide bonds. The fourth-order valence-corrected chi connectivity index (χ4v) is 7.01. The van der Waals surface area contributed by atoms with Gasteiger partial charge >= 0.3 is 18.4 Å². The highest BCUT2D eigenvalue weighted by molar-refractivity contribution is 5.79. The summed E-state index contributed by atoms with van der Waals surface area (Å²) in [6.07, 6.45) is -8.24. The molecule has 6 nitrogen and oxygen atoms in total. The zero-order valence-electron chi connectivity index (χ0n) is 25.2. The SMILES string of the molecule is Cc1cc(F)ccc1C1[C@@H]2CN(C(=O)C3CCOCC3)CC2CCN1C(=O)N(C)C(C)c1cc(C(F)(F)F)cc(C(F)(F)F)c1. The molecule has 3 fully saturated rings. The van der Waals surface area contributed by atoms with Crippen molar-refractivity contribution >= 4 is 11.9 Å². The number of halogens is 7. The number of carbonyl (C=O) groups is 2. The molecule has 3 unspecified atom stereocenters. The number of fused-ring (bicyclic) bond motifs is 1. The molecule has 0 radical (unpaired) electrons. The lowest BCUT2D eigenvalue weighted by atomic mass is 9.78. The quantitative estimate of drug-likeness (QED) is 0.331. The van der Waals surface area contributed by atoms with Crippen LogP contribution in [0.2, 0.25) is 0 Å². The zero-order chi connectivity index (χ0) is 32.8. The maximum absolute atomic E-state index is 14.2. The van der Waals surface area contributed by atoms with E-state index >= 15 is 0 Å². The van der Waals surface area contributed by atoms with Crippen LogP contribution in [0.4, 0.5) is 35.5 Å². The molecule has 45 heavy (non-hydrogen) atoms. The van der Waals surface area contributed by atoms with Crippen molar-refractivity contribution in [1.29, 1.82) is 0 Å². The van der Waals surface area contributed by atoms with Crippen LogP contribution in [-0.2, 0) is 21.9 Å². The van der Waals surface area contributed by atoms with Crippen LogP contribution in [-0.4, -0.2) is 66.5 Å². The first kappa shape index (κ1) is 33.0. The number of rotatable bonds is 4. The summed E-state index contributed by atoms with van der Waals surface area (Å²) in [6, 6.07) is 3.25. The van der Waals surface area contributed by atoms with Gasteiger partial charge in [-0.1, -0.05) is 6.07 Å². The molecule has 4 atom stereocenters. The van der Waals surface area contributed by atoms with Crippen molar-refractivity contribution in [3.8, 4) is 0 Å². The molecule has 0 bridgehead atoms. The van der Waals surface area contributed by atoms with Gasteiger partial charge in [0.15, 0.2) is 0 Å². The highest BCUT2D eigenvalue weighted by atomic mass is 19.4. The van der Waals surface area contributed by atoms with Crippen LogP contribution < -0.4 is 0 Å². The Hall–Kier alpha value is -3.35. The molecule has 3 aliphatic heterocycles. The van der Waals surface area contributed by atoms with Gasteiger partial charge in [0.25, 0.3) is 0 Å². The average Bonchev–Trinajstić information content (AvgIpc) is 3.43. The second-order valence-corrected chi connectivity index (χ2v) is 12.4. The van der Waals surface area contributed by atoms with E-state index in [0.717, 1.165) is 4.90 Å². The molecule has 5 rings (SSSR count). The largest absolute Gasteiger partial charge is 0.416 e. The Morgan fingerprint density at radius 2 is 1.56 bits per heavy atom. The number of benzene rings is 2. The predicted octanol–water partition coefficient (Wildman–Crippen LogP) is 7.23. The molecule has 3 aliphatic rings. The molecular formula is C32H36F7N3O3. The van der Waals surface area contributed by atoms with Gasteiger partial charge in [-0.2, -0.15) is 26.3 Å². The van der Waals surface area contributed by atoms with Crippen molar-refractivity contribution in [1.82, 2.24) is 14.7 Å². The van der Waals surface area contributed by atoms with Crippen molar-refractivity contribution in [2.75, 3.05) is 39.9 Å². The lowest BCUT2D eigenvalue weighted by Crippen LogP contribution is -2.51. The molecule has 2 aromatic rings. The van der Waals surface area contributed by atoms with Crippen LogP contribution in [0.25, 0.3) is 0 Å². The summed E-state index contributed by atoms with van der Waals surface area (Å²) >= 11 is 0. The van der Waals surface area contributed by atoms with E-state index in [1.807, 2.05) is 4.90 Å². The molecule has 0 saturated carbocycles. The lowest BCUT2D eigenvalue weighted by Gasteiger charge is -2.45. The Bertz CT molecular complexity index is 1390. The second-order valence-electron chi connectivity index (χ2n) is 12.4. The number of carbonyl (C=O) groups excluding carboxylic acids is 2. The van der Waals surface area contributed by atoms with Crippen LogP contribution in [0.5, 0.6) is 0 Å². The zero-order valence-corrected chi connectivity index (χ0v) is 25.2. The third-order valence-corrected chi connectivity index (χ3v) is 9.63. The molecular weight excluding hydrogens is 607 g/mol. The van der Waals surface area contributed by atoms with Crippen molar-refractivity contribution < 1.29 is 45.1 Å².